The second-order valence-corrected chi connectivity index (χ2v) is 3.32. The minimum absolute atomic E-state index is 0.0961. The van der Waals surface area contributed by atoms with E-state index in [1.54, 1.807) is 6.21 Å². The van der Waals surface area contributed by atoms with Gasteiger partial charge in [-0.3, -0.25) is 0 Å². The first-order valence-corrected chi connectivity index (χ1v) is 4.51. The minimum atomic E-state index is 0.0961. The van der Waals surface area contributed by atoms with E-state index in [0.29, 0.717) is 5.02 Å². The maximum absolute atomic E-state index is 5.89. The molecule has 13 heavy (non-hydrogen) atoms. The van der Waals surface area contributed by atoms with E-state index in [-0.39, 0.29) is 6.10 Å². The molecule has 1 aromatic carbocycles. The van der Waals surface area contributed by atoms with Crippen LogP contribution in [-0.2, 0) is 4.84 Å². The van der Waals surface area contributed by atoms with Gasteiger partial charge in [0.15, 0.2) is 0 Å². The van der Waals surface area contributed by atoms with Gasteiger partial charge in [-0.1, -0.05) is 35.0 Å². The highest BCUT2D eigenvalue weighted by Gasteiger charge is 1.94. The first-order chi connectivity index (χ1) is 6.20. The van der Waals surface area contributed by atoms with Crippen molar-refractivity contribution < 1.29 is 4.84 Å². The summed E-state index contributed by atoms with van der Waals surface area (Å²) < 4.78 is 0. The van der Waals surface area contributed by atoms with Gasteiger partial charge < -0.3 is 4.84 Å². The van der Waals surface area contributed by atoms with Crippen molar-refractivity contribution in [2.45, 2.75) is 20.0 Å². The van der Waals surface area contributed by atoms with Crippen molar-refractivity contribution in [1.29, 1.82) is 0 Å². The monoisotopic (exact) mass is 197 g/mol. The molecule has 2 nitrogen and oxygen atoms in total. The number of halogens is 1. The molecule has 3 heteroatoms. The van der Waals surface area contributed by atoms with Gasteiger partial charge in [-0.05, 0) is 19.9 Å². The first kappa shape index (κ1) is 10.1. The molecule has 70 valence electrons. The Kier molecular flexibility index (Phi) is 3.77. The fourth-order valence-corrected chi connectivity index (χ4v) is 0.973. The van der Waals surface area contributed by atoms with E-state index in [0.717, 1.165) is 5.56 Å². The molecule has 0 radical (unpaired) electrons. The molecule has 0 bridgehead atoms. The number of nitrogens with zero attached hydrogens (tertiary/aromatic N) is 1. The van der Waals surface area contributed by atoms with E-state index in [9.17, 15) is 0 Å². The summed E-state index contributed by atoms with van der Waals surface area (Å²) in [6, 6.07) is 7.49. The van der Waals surface area contributed by atoms with Crippen molar-refractivity contribution in [2.24, 2.45) is 5.16 Å². The summed E-state index contributed by atoms with van der Waals surface area (Å²) in [5, 5.41) is 4.47. The van der Waals surface area contributed by atoms with Crippen LogP contribution in [0, 0.1) is 0 Å². The lowest BCUT2D eigenvalue weighted by Crippen LogP contribution is -1.96. The van der Waals surface area contributed by atoms with Gasteiger partial charge in [0.25, 0.3) is 0 Å². The highest BCUT2D eigenvalue weighted by molar-refractivity contribution is 6.33. The second-order valence-electron chi connectivity index (χ2n) is 2.91. The van der Waals surface area contributed by atoms with E-state index in [1.807, 2.05) is 38.1 Å². The van der Waals surface area contributed by atoms with Gasteiger partial charge >= 0.3 is 0 Å². The molecule has 0 aliphatic heterocycles. The average molecular weight is 198 g/mol. The number of hydrogen-bond donors (Lipinski definition) is 0. The Bertz CT molecular complexity index is 297. The molecular weight excluding hydrogens is 186 g/mol. The SMILES string of the molecule is CC(C)O/N=C/c1ccccc1Cl. The van der Waals surface area contributed by atoms with Crippen molar-refractivity contribution in [3.05, 3.63) is 34.9 Å². The summed E-state index contributed by atoms with van der Waals surface area (Å²) in [4.78, 5) is 5.01. The third-order valence-electron chi connectivity index (χ3n) is 1.37. The predicted molar refractivity (Wildman–Crippen MR) is 55.3 cm³/mol. The van der Waals surface area contributed by atoms with E-state index in [2.05, 4.69) is 5.16 Å². The fraction of sp³-hybridized carbons (Fsp3) is 0.300. The molecule has 0 heterocycles. The van der Waals surface area contributed by atoms with Gasteiger partial charge in [0, 0.05) is 10.6 Å². The molecule has 0 aromatic heterocycles. The number of rotatable bonds is 3. The summed E-state index contributed by atoms with van der Waals surface area (Å²) in [7, 11) is 0. The zero-order valence-electron chi connectivity index (χ0n) is 7.70. The van der Waals surface area contributed by atoms with Gasteiger partial charge in [-0.15, -0.1) is 0 Å². The molecule has 0 spiro atoms. The molecule has 1 aromatic rings. The molecule has 0 N–H and O–H groups in total. The second kappa shape index (κ2) is 4.87. The summed E-state index contributed by atoms with van der Waals surface area (Å²) in [5.74, 6) is 0. The Balaban J connectivity index is 2.63. The smallest absolute Gasteiger partial charge is 0.122 e. The van der Waals surface area contributed by atoms with Crippen LogP contribution < -0.4 is 0 Å². The Labute approximate surface area is 83.2 Å². The summed E-state index contributed by atoms with van der Waals surface area (Å²) in [5.41, 5.74) is 0.866. The van der Waals surface area contributed by atoms with Crippen molar-refractivity contribution in [3.63, 3.8) is 0 Å². The molecule has 0 saturated heterocycles. The van der Waals surface area contributed by atoms with Gasteiger partial charge in [-0.25, -0.2) is 0 Å². The van der Waals surface area contributed by atoms with Crippen LogP contribution in [0.4, 0.5) is 0 Å². The molecule has 0 unspecified atom stereocenters. The molecule has 0 aliphatic rings. The van der Waals surface area contributed by atoms with Crippen molar-refractivity contribution in [2.75, 3.05) is 0 Å². The maximum Gasteiger partial charge on any atom is 0.122 e. The van der Waals surface area contributed by atoms with Crippen LogP contribution >= 0.6 is 11.6 Å². The lowest BCUT2D eigenvalue weighted by Gasteiger charge is -2.00. The van der Waals surface area contributed by atoms with Crippen LogP contribution in [0.25, 0.3) is 0 Å². The average Bonchev–Trinajstić information content (AvgIpc) is 2.08. The topological polar surface area (TPSA) is 21.6 Å². The van der Waals surface area contributed by atoms with Gasteiger partial charge in [-0.2, -0.15) is 0 Å². The van der Waals surface area contributed by atoms with Crippen LogP contribution in [0.2, 0.25) is 5.02 Å². The molecule has 0 fully saturated rings. The van der Waals surface area contributed by atoms with Gasteiger partial charge in [0.1, 0.15) is 6.10 Å². The summed E-state index contributed by atoms with van der Waals surface area (Å²) in [6.07, 6.45) is 1.71. The van der Waals surface area contributed by atoms with Crippen molar-refractivity contribution in [1.82, 2.24) is 0 Å². The van der Waals surface area contributed by atoms with E-state index in [4.69, 9.17) is 16.4 Å². The third-order valence-corrected chi connectivity index (χ3v) is 1.71. The van der Waals surface area contributed by atoms with E-state index in [1.165, 1.54) is 0 Å². The Morgan fingerprint density at radius 3 is 2.69 bits per heavy atom. The predicted octanol–water partition coefficient (Wildman–Crippen LogP) is 3.10. The lowest BCUT2D eigenvalue weighted by molar-refractivity contribution is 0.0874. The lowest BCUT2D eigenvalue weighted by atomic mass is 10.2. The zero-order valence-corrected chi connectivity index (χ0v) is 8.45. The molecule has 1 rings (SSSR count). The van der Waals surface area contributed by atoms with Gasteiger partial charge in [0.2, 0.25) is 0 Å². The van der Waals surface area contributed by atoms with Crippen molar-refractivity contribution >= 4 is 17.8 Å². The number of oxime groups is 1. The quantitative estimate of drug-likeness (QED) is 0.539. The highest BCUT2D eigenvalue weighted by Crippen LogP contribution is 2.12. The zero-order chi connectivity index (χ0) is 9.68. The third kappa shape index (κ3) is 3.47. The Morgan fingerprint density at radius 2 is 2.08 bits per heavy atom. The fourth-order valence-electron chi connectivity index (χ4n) is 0.789. The Morgan fingerprint density at radius 1 is 1.38 bits per heavy atom. The molecule has 0 atom stereocenters. The largest absolute Gasteiger partial charge is 0.393 e. The Hall–Kier alpha value is -1.02. The highest BCUT2D eigenvalue weighted by atomic mass is 35.5. The minimum Gasteiger partial charge on any atom is -0.393 e. The van der Waals surface area contributed by atoms with Crippen LogP contribution in [-0.4, -0.2) is 12.3 Å². The maximum atomic E-state index is 5.89. The standard InChI is InChI=1S/C10H12ClNO/c1-8(2)13-12-7-9-5-3-4-6-10(9)11/h3-8H,1-2H3/b12-7+. The van der Waals surface area contributed by atoms with Crippen LogP contribution in [0.1, 0.15) is 19.4 Å². The molecule has 0 amide bonds. The first-order valence-electron chi connectivity index (χ1n) is 4.14. The number of benzene rings is 1. The van der Waals surface area contributed by atoms with E-state index >= 15 is 0 Å². The van der Waals surface area contributed by atoms with Crippen LogP contribution in [0.15, 0.2) is 29.4 Å². The van der Waals surface area contributed by atoms with Crippen molar-refractivity contribution in [3.8, 4) is 0 Å². The van der Waals surface area contributed by atoms with Crippen LogP contribution in [0.3, 0.4) is 0 Å². The molecule has 0 saturated carbocycles. The molecular formula is C10H12ClNO. The summed E-state index contributed by atoms with van der Waals surface area (Å²) >= 11 is 5.89. The molecule has 0 aliphatic carbocycles. The van der Waals surface area contributed by atoms with Gasteiger partial charge in [0.05, 0.1) is 6.21 Å². The van der Waals surface area contributed by atoms with E-state index < -0.39 is 0 Å². The normalized spacial score (nSPS) is 11.1. The van der Waals surface area contributed by atoms with Crippen LogP contribution in [0.5, 0.6) is 0 Å². The number of hydrogen-bond acceptors (Lipinski definition) is 2. The summed E-state index contributed by atoms with van der Waals surface area (Å²) in [6.45, 7) is 3.84.